The Balaban J connectivity index is 1.03. The van der Waals surface area contributed by atoms with Crippen LogP contribution in [0.15, 0.2) is 66.7 Å². The van der Waals surface area contributed by atoms with Gasteiger partial charge >= 0.3 is 0 Å². The highest BCUT2D eigenvalue weighted by atomic mass is 16.5. The van der Waals surface area contributed by atoms with E-state index in [0.717, 1.165) is 53.7 Å². The summed E-state index contributed by atoms with van der Waals surface area (Å²) in [6.07, 6.45) is 4.93. The molecule has 5 aliphatic rings. The molecule has 0 bridgehead atoms. The van der Waals surface area contributed by atoms with E-state index in [4.69, 9.17) is 14.5 Å². The van der Waals surface area contributed by atoms with Gasteiger partial charge in [0.25, 0.3) is 11.8 Å². The summed E-state index contributed by atoms with van der Waals surface area (Å²) in [5, 5.41) is 1.20. The molecule has 4 heterocycles. The maximum atomic E-state index is 14.0. The van der Waals surface area contributed by atoms with Crippen LogP contribution in [0, 0.1) is 29.6 Å². The molecule has 0 N–H and O–H groups in total. The quantitative estimate of drug-likeness (QED) is 0.185. The van der Waals surface area contributed by atoms with Gasteiger partial charge in [-0.3, -0.25) is 9.59 Å². The summed E-state index contributed by atoms with van der Waals surface area (Å²) in [5.41, 5.74) is 5.31. The van der Waals surface area contributed by atoms with Gasteiger partial charge in [0.1, 0.15) is 17.0 Å². The molecule has 2 saturated heterocycles. The molecule has 9 heteroatoms. The van der Waals surface area contributed by atoms with Crippen LogP contribution < -0.4 is 9.47 Å². The van der Waals surface area contributed by atoms with E-state index in [9.17, 15) is 9.59 Å². The van der Waals surface area contributed by atoms with Gasteiger partial charge in [0, 0.05) is 66.7 Å². The maximum absolute atomic E-state index is 14.0. The van der Waals surface area contributed by atoms with Gasteiger partial charge in [-0.25, -0.2) is 4.98 Å². The topological polar surface area (TPSA) is 81.8 Å². The zero-order valence-electron chi connectivity index (χ0n) is 28.0. The Morgan fingerprint density at radius 2 is 1.59 bits per heavy atom. The van der Waals surface area contributed by atoms with Gasteiger partial charge in [-0.2, -0.15) is 0 Å². The van der Waals surface area contributed by atoms with E-state index in [2.05, 4.69) is 44.4 Å². The smallest absolute Gasteiger partial charge is 0.254 e. The molecule has 3 saturated carbocycles. The molecule has 3 aliphatic carbocycles. The minimum Gasteiger partial charge on any atom is -0.497 e. The Morgan fingerprint density at radius 3 is 2.33 bits per heavy atom. The number of benzene rings is 3. The Labute approximate surface area is 285 Å². The summed E-state index contributed by atoms with van der Waals surface area (Å²) in [5.74, 6) is 5.58. The monoisotopic (exact) mass is 655 g/mol. The first-order valence-corrected chi connectivity index (χ1v) is 17.9. The van der Waals surface area contributed by atoms with Crippen molar-refractivity contribution >= 4 is 33.8 Å². The first-order valence-electron chi connectivity index (χ1n) is 17.9. The van der Waals surface area contributed by atoms with Crippen molar-refractivity contribution in [3.8, 4) is 23.0 Å². The van der Waals surface area contributed by atoms with Crippen LogP contribution in [0.1, 0.15) is 46.4 Å². The zero-order chi connectivity index (χ0) is 33.0. The molecule has 2 aromatic heterocycles. The third-order valence-corrected chi connectivity index (χ3v) is 12.2. The van der Waals surface area contributed by atoms with Crippen molar-refractivity contribution in [1.82, 2.24) is 23.9 Å². The molecule has 5 aromatic rings. The van der Waals surface area contributed by atoms with Crippen LogP contribution in [0.25, 0.3) is 33.5 Å². The van der Waals surface area contributed by atoms with Crippen LogP contribution in [0.3, 0.4) is 0 Å². The number of likely N-dealkylation sites (tertiary alicyclic amines) is 2. The lowest BCUT2D eigenvalue weighted by Gasteiger charge is -2.52. The molecule has 2 aliphatic heterocycles. The highest BCUT2D eigenvalue weighted by Gasteiger charge is 2.61. The fourth-order valence-electron chi connectivity index (χ4n) is 9.42. The van der Waals surface area contributed by atoms with Crippen LogP contribution in [-0.2, 0) is 13.1 Å². The summed E-state index contributed by atoms with van der Waals surface area (Å²) in [4.78, 5) is 36.8. The summed E-state index contributed by atoms with van der Waals surface area (Å²) in [6.45, 7) is 3.84. The lowest BCUT2D eigenvalue weighted by atomic mass is 9.53. The van der Waals surface area contributed by atoms with Crippen LogP contribution in [0.4, 0.5) is 0 Å². The molecule has 3 aromatic carbocycles. The van der Waals surface area contributed by atoms with Crippen molar-refractivity contribution < 1.29 is 19.1 Å². The third-order valence-electron chi connectivity index (χ3n) is 12.2. The highest BCUT2D eigenvalue weighted by Crippen LogP contribution is 2.60. The molecular weight excluding hydrogens is 614 g/mol. The summed E-state index contributed by atoms with van der Waals surface area (Å²) in [7, 11) is 3.32. The summed E-state index contributed by atoms with van der Waals surface area (Å²) in [6, 6.07) is 22.5. The second kappa shape index (κ2) is 10.9. The first-order chi connectivity index (χ1) is 24.0. The number of rotatable bonds is 9. The molecule has 4 atom stereocenters. The SMILES string of the molecule is COc1ccc(C(=O)N2CC(Cn3c(-c4cc5ccccc5n4CC4CC4)nc4cc(C(=O)N5CC6CC7CC5[C@H]76)cc(OC)c43)C2)cc1. The number of amides is 2. The molecule has 10 rings (SSSR count). The van der Waals surface area contributed by atoms with E-state index in [-0.39, 0.29) is 17.7 Å². The summed E-state index contributed by atoms with van der Waals surface area (Å²) < 4.78 is 16.1. The van der Waals surface area contributed by atoms with Crippen LogP contribution in [-0.4, -0.2) is 75.6 Å². The maximum Gasteiger partial charge on any atom is 0.254 e. The first kappa shape index (κ1) is 29.2. The average molecular weight is 656 g/mol. The van der Waals surface area contributed by atoms with Gasteiger partial charge in [0.2, 0.25) is 0 Å². The number of fused-ring (bicyclic) bond motifs is 2. The van der Waals surface area contributed by atoms with Crippen molar-refractivity contribution in [3.05, 3.63) is 77.9 Å². The number of hydrogen-bond acceptors (Lipinski definition) is 5. The fraction of sp³-hybridized carbons (Fsp3) is 0.425. The molecule has 3 unspecified atom stereocenters. The zero-order valence-corrected chi connectivity index (χ0v) is 28.0. The van der Waals surface area contributed by atoms with E-state index in [0.29, 0.717) is 60.3 Å². The Kier molecular flexibility index (Phi) is 6.46. The van der Waals surface area contributed by atoms with Crippen molar-refractivity contribution in [2.75, 3.05) is 33.9 Å². The Bertz CT molecular complexity index is 2140. The molecule has 2 amide bonds. The number of imidazole rings is 1. The van der Waals surface area contributed by atoms with E-state index in [1.54, 1.807) is 14.2 Å². The number of hydrogen-bond donors (Lipinski definition) is 0. The third kappa shape index (κ3) is 4.53. The number of carbonyl (C=O) groups is 2. The molecule has 5 fully saturated rings. The van der Waals surface area contributed by atoms with E-state index in [1.165, 1.54) is 30.2 Å². The van der Waals surface area contributed by atoms with Crippen LogP contribution >= 0.6 is 0 Å². The van der Waals surface area contributed by atoms with Gasteiger partial charge in [0.15, 0.2) is 5.82 Å². The van der Waals surface area contributed by atoms with Gasteiger partial charge in [-0.15, -0.1) is 0 Å². The molecular formula is C40H41N5O4. The number of nitrogens with zero attached hydrogens (tertiary/aromatic N) is 5. The Hall–Kier alpha value is -4.79. The van der Waals surface area contributed by atoms with Crippen molar-refractivity contribution in [3.63, 3.8) is 0 Å². The van der Waals surface area contributed by atoms with Gasteiger partial charge in [0.05, 0.1) is 25.4 Å². The second-order valence-electron chi connectivity index (χ2n) is 15.1. The summed E-state index contributed by atoms with van der Waals surface area (Å²) >= 11 is 0. The molecule has 49 heavy (non-hydrogen) atoms. The predicted octanol–water partition coefficient (Wildman–Crippen LogP) is 6.34. The molecule has 250 valence electrons. The average Bonchev–Trinajstić information content (AvgIpc) is 3.75. The lowest BCUT2D eigenvalue weighted by molar-refractivity contribution is -0.0204. The van der Waals surface area contributed by atoms with Gasteiger partial charge < -0.3 is 28.4 Å². The van der Waals surface area contributed by atoms with E-state index >= 15 is 0 Å². The number of methoxy groups -OCH3 is 2. The largest absolute Gasteiger partial charge is 0.497 e. The van der Waals surface area contributed by atoms with E-state index in [1.807, 2.05) is 41.3 Å². The standard InChI is InChI=1S/C40H41N5O4/c1-48-30-11-9-25(10-12-30)39(46)42-18-24(19-42)21-45-37-31(41-38(45)34-15-26-5-3-4-6-32(26)43(34)20-23-7-8-23)14-28(17-35(37)49-2)40(47)44-22-29-13-27-16-33(44)36(27)29/h3-6,9-12,14-15,17,23-24,27,29,33,36H,7-8,13,16,18-22H2,1-2H3/t27?,29?,33?,36-/m1/s1. The van der Waals surface area contributed by atoms with Crippen molar-refractivity contribution in [2.45, 2.75) is 44.8 Å². The fourth-order valence-corrected chi connectivity index (χ4v) is 9.42. The number of carbonyl (C=O) groups excluding carboxylic acids is 2. The van der Waals surface area contributed by atoms with E-state index < -0.39 is 0 Å². The number of para-hydroxylation sites is 1. The second-order valence-corrected chi connectivity index (χ2v) is 15.1. The van der Waals surface area contributed by atoms with Crippen LogP contribution in [0.5, 0.6) is 11.5 Å². The van der Waals surface area contributed by atoms with Gasteiger partial charge in [-0.1, -0.05) is 18.2 Å². The minimum atomic E-state index is 0.0352. The Morgan fingerprint density at radius 1 is 0.796 bits per heavy atom. The number of ether oxygens (including phenoxy) is 2. The number of aromatic nitrogens is 3. The van der Waals surface area contributed by atoms with Crippen LogP contribution in [0.2, 0.25) is 0 Å². The van der Waals surface area contributed by atoms with Crippen molar-refractivity contribution in [2.24, 2.45) is 29.6 Å². The normalized spacial score (nSPS) is 24.0. The molecule has 9 nitrogen and oxygen atoms in total. The molecule has 0 spiro atoms. The lowest BCUT2D eigenvalue weighted by Crippen LogP contribution is -2.53. The van der Waals surface area contributed by atoms with Gasteiger partial charge in [-0.05, 0) is 97.9 Å². The van der Waals surface area contributed by atoms with Crippen molar-refractivity contribution in [1.29, 1.82) is 0 Å². The highest BCUT2D eigenvalue weighted by molar-refractivity contribution is 6.01. The molecule has 0 radical (unpaired) electrons. The predicted molar refractivity (Wildman–Crippen MR) is 187 cm³/mol. The minimum absolute atomic E-state index is 0.0352.